The molecule has 6 nitrogen and oxygen atoms in total. The van der Waals surface area contributed by atoms with Gasteiger partial charge in [0.2, 0.25) is 0 Å². The minimum Gasteiger partial charge on any atom is -0.353 e. The van der Waals surface area contributed by atoms with Crippen LogP contribution in [0.15, 0.2) is 60.8 Å². The third-order valence-electron chi connectivity index (χ3n) is 7.46. The van der Waals surface area contributed by atoms with Gasteiger partial charge in [-0.2, -0.15) is 0 Å². The van der Waals surface area contributed by atoms with E-state index < -0.39 is 0 Å². The number of rotatable bonds is 7. The van der Waals surface area contributed by atoms with Crippen LogP contribution < -0.4 is 10.2 Å². The molecular weight excluding hydrogens is 541 g/mol. The smallest absolute Gasteiger partial charge is 0.253 e. The van der Waals surface area contributed by atoms with Crippen molar-refractivity contribution < 1.29 is 6.22 Å². The van der Waals surface area contributed by atoms with Gasteiger partial charge in [0.25, 0.3) is 5.91 Å². The molecule has 0 bridgehead atoms. The first-order chi connectivity index (χ1) is 18.4. The van der Waals surface area contributed by atoms with Crippen LogP contribution in [-0.4, -0.2) is 66.0 Å². The standard InChI is InChI=1S/C29H32Cl3N5O.H2/c30-24-5-1-21(2-6-24)18-34-29(38)23-17-27(32)28(33-19-23)37-15-13-36(14-16-37)26-9-11-35(12-10-26)20-22-3-7-25(31)8-4-22;/h1-8,17,19,26H,9-16,18,20H2,(H,34,38);1H. The number of nitrogens with one attached hydrogen (secondary N) is 1. The molecule has 0 aliphatic carbocycles. The molecule has 2 fully saturated rings. The number of likely N-dealkylation sites (tertiary alicyclic amines) is 1. The molecule has 202 valence electrons. The van der Waals surface area contributed by atoms with Crippen molar-refractivity contribution in [3.05, 3.63) is 92.6 Å². The van der Waals surface area contributed by atoms with Crippen LogP contribution in [0.25, 0.3) is 0 Å². The second-order valence-electron chi connectivity index (χ2n) is 10.00. The topological polar surface area (TPSA) is 51.7 Å². The van der Waals surface area contributed by atoms with Gasteiger partial charge < -0.3 is 10.2 Å². The highest BCUT2D eigenvalue weighted by Gasteiger charge is 2.28. The fraction of sp³-hybridized carbons (Fsp3) is 0.379. The largest absolute Gasteiger partial charge is 0.353 e. The zero-order valence-electron chi connectivity index (χ0n) is 21.3. The second-order valence-corrected chi connectivity index (χ2v) is 11.3. The Kier molecular flexibility index (Phi) is 9.08. The lowest BCUT2D eigenvalue weighted by Crippen LogP contribution is -2.53. The van der Waals surface area contributed by atoms with Crippen LogP contribution in [0.4, 0.5) is 5.82 Å². The zero-order valence-corrected chi connectivity index (χ0v) is 23.5. The van der Waals surface area contributed by atoms with E-state index in [1.807, 2.05) is 36.4 Å². The maximum Gasteiger partial charge on any atom is 0.253 e. The van der Waals surface area contributed by atoms with Crippen LogP contribution in [0.3, 0.4) is 0 Å². The lowest BCUT2D eigenvalue weighted by atomic mass is 10.0. The fourth-order valence-electron chi connectivity index (χ4n) is 5.26. The van der Waals surface area contributed by atoms with Crippen molar-refractivity contribution in [2.75, 3.05) is 44.2 Å². The molecule has 0 saturated carbocycles. The molecule has 0 radical (unpaired) electrons. The van der Waals surface area contributed by atoms with Crippen molar-refractivity contribution in [3.63, 3.8) is 0 Å². The number of carbonyl (C=O) groups is 1. The van der Waals surface area contributed by atoms with Gasteiger partial charge in [-0.1, -0.05) is 59.1 Å². The van der Waals surface area contributed by atoms with Gasteiger partial charge in [0, 0.05) is 63.0 Å². The van der Waals surface area contributed by atoms with Crippen LogP contribution in [0, 0.1) is 0 Å². The molecule has 0 unspecified atom stereocenters. The molecule has 2 aromatic carbocycles. The minimum absolute atomic E-state index is 0. The summed E-state index contributed by atoms with van der Waals surface area (Å²) in [6, 6.07) is 17.9. The van der Waals surface area contributed by atoms with E-state index >= 15 is 0 Å². The Bertz CT molecular complexity index is 1230. The molecular formula is C29H34Cl3N5O. The first kappa shape index (κ1) is 27.2. The number of aromatic nitrogens is 1. The summed E-state index contributed by atoms with van der Waals surface area (Å²) in [6.45, 7) is 7.35. The van der Waals surface area contributed by atoms with Crippen LogP contribution in [0.5, 0.6) is 0 Å². The van der Waals surface area contributed by atoms with Gasteiger partial charge in [-0.05, 0) is 67.4 Å². The highest BCUT2D eigenvalue weighted by molar-refractivity contribution is 6.33. The molecule has 1 aromatic heterocycles. The lowest BCUT2D eigenvalue weighted by Gasteiger charge is -2.43. The summed E-state index contributed by atoms with van der Waals surface area (Å²) < 4.78 is 0. The summed E-state index contributed by atoms with van der Waals surface area (Å²) in [5.74, 6) is 0.548. The van der Waals surface area contributed by atoms with E-state index in [1.54, 1.807) is 12.3 Å². The Hall–Kier alpha value is -2.35. The third kappa shape index (κ3) is 6.99. The number of benzene rings is 2. The maximum atomic E-state index is 12.6. The van der Waals surface area contributed by atoms with Crippen LogP contribution in [-0.2, 0) is 13.1 Å². The summed E-state index contributed by atoms with van der Waals surface area (Å²) in [7, 11) is 0. The zero-order chi connectivity index (χ0) is 26.5. The molecule has 1 amide bonds. The number of piperazine rings is 1. The van der Waals surface area contributed by atoms with Crippen molar-refractivity contribution in [1.29, 1.82) is 0 Å². The number of hydrogen-bond donors (Lipinski definition) is 1. The molecule has 38 heavy (non-hydrogen) atoms. The predicted molar refractivity (Wildman–Crippen MR) is 158 cm³/mol. The highest BCUT2D eigenvalue weighted by atomic mass is 35.5. The van der Waals surface area contributed by atoms with Crippen molar-refractivity contribution in [1.82, 2.24) is 20.1 Å². The monoisotopic (exact) mass is 573 g/mol. The number of pyridine rings is 1. The third-order valence-corrected chi connectivity index (χ3v) is 8.24. The Morgan fingerprint density at radius 3 is 2.08 bits per heavy atom. The van der Waals surface area contributed by atoms with Gasteiger partial charge in [-0.15, -0.1) is 0 Å². The number of nitrogens with zero attached hydrogens (tertiary/aromatic N) is 4. The van der Waals surface area contributed by atoms with E-state index in [1.165, 1.54) is 18.4 Å². The minimum atomic E-state index is -0.201. The molecule has 1 N–H and O–H groups in total. The molecule has 3 heterocycles. The quantitative estimate of drug-likeness (QED) is 0.375. The van der Waals surface area contributed by atoms with Crippen LogP contribution >= 0.6 is 34.8 Å². The Morgan fingerprint density at radius 1 is 0.868 bits per heavy atom. The predicted octanol–water partition coefficient (Wildman–Crippen LogP) is 6.00. The molecule has 2 saturated heterocycles. The summed E-state index contributed by atoms with van der Waals surface area (Å²) in [5, 5.41) is 4.88. The van der Waals surface area contributed by atoms with E-state index in [0.717, 1.165) is 62.2 Å². The molecule has 2 aliphatic heterocycles. The van der Waals surface area contributed by atoms with E-state index in [-0.39, 0.29) is 7.33 Å². The Labute approximate surface area is 241 Å². The number of anilines is 1. The maximum absolute atomic E-state index is 12.6. The summed E-state index contributed by atoms with van der Waals surface area (Å²) in [6.07, 6.45) is 3.99. The molecule has 9 heteroatoms. The SMILES string of the molecule is O=C(NCc1ccc(Cl)cc1)c1cnc(N2CCN(C3CCN(Cc4ccc(Cl)cc4)CC3)CC2)c(Cl)c1.[HH]. The molecule has 0 atom stereocenters. The van der Waals surface area contributed by atoms with E-state index in [2.05, 4.69) is 37.1 Å². The fourth-order valence-corrected chi connectivity index (χ4v) is 5.80. The highest BCUT2D eigenvalue weighted by Crippen LogP contribution is 2.27. The van der Waals surface area contributed by atoms with Crippen molar-refractivity contribution in [2.45, 2.75) is 32.0 Å². The van der Waals surface area contributed by atoms with Crippen LogP contribution in [0.1, 0.15) is 35.8 Å². The van der Waals surface area contributed by atoms with Gasteiger partial charge in [0.15, 0.2) is 0 Å². The summed E-state index contributed by atoms with van der Waals surface area (Å²) >= 11 is 18.5. The number of carbonyl (C=O) groups excluding carboxylic acids is 1. The van der Waals surface area contributed by atoms with Crippen molar-refractivity contribution >= 4 is 46.5 Å². The van der Waals surface area contributed by atoms with Gasteiger partial charge in [-0.3, -0.25) is 14.6 Å². The molecule has 3 aromatic rings. The van der Waals surface area contributed by atoms with Gasteiger partial charge in [0.1, 0.15) is 5.82 Å². The number of amides is 1. The van der Waals surface area contributed by atoms with Crippen molar-refractivity contribution in [3.8, 4) is 0 Å². The lowest BCUT2D eigenvalue weighted by molar-refractivity contribution is 0.0950. The summed E-state index contributed by atoms with van der Waals surface area (Å²) in [4.78, 5) is 24.6. The average Bonchev–Trinajstić information content (AvgIpc) is 2.94. The Morgan fingerprint density at radius 2 is 1.47 bits per heavy atom. The first-order valence-electron chi connectivity index (χ1n) is 13.1. The average molecular weight is 575 g/mol. The van der Waals surface area contributed by atoms with Gasteiger partial charge >= 0.3 is 0 Å². The normalized spacial score (nSPS) is 17.5. The molecule has 5 rings (SSSR count). The second kappa shape index (κ2) is 12.7. The van der Waals surface area contributed by atoms with Crippen molar-refractivity contribution in [2.24, 2.45) is 0 Å². The summed E-state index contributed by atoms with van der Waals surface area (Å²) in [5.41, 5.74) is 2.75. The van der Waals surface area contributed by atoms with Gasteiger partial charge in [-0.25, -0.2) is 4.98 Å². The van der Waals surface area contributed by atoms with E-state index in [0.29, 0.717) is 28.2 Å². The molecule has 2 aliphatic rings. The molecule has 0 spiro atoms. The number of piperidine rings is 1. The van der Waals surface area contributed by atoms with Gasteiger partial charge in [0.05, 0.1) is 10.6 Å². The first-order valence-corrected chi connectivity index (χ1v) is 14.2. The Balaban J connectivity index is 0.00000353. The van der Waals surface area contributed by atoms with E-state index in [9.17, 15) is 4.79 Å². The number of halogens is 3. The van der Waals surface area contributed by atoms with E-state index in [4.69, 9.17) is 34.8 Å². The van der Waals surface area contributed by atoms with Crippen LogP contribution in [0.2, 0.25) is 15.1 Å². The number of hydrogen-bond acceptors (Lipinski definition) is 5.